The van der Waals surface area contributed by atoms with E-state index in [1.54, 1.807) is 0 Å². The van der Waals surface area contributed by atoms with Crippen LogP contribution >= 0.6 is 11.3 Å². The molecular weight excluding hydrogens is 270 g/mol. The molecule has 0 bridgehead atoms. The van der Waals surface area contributed by atoms with Gasteiger partial charge in [-0.15, -0.1) is 11.3 Å². The number of thiophene rings is 1. The Labute approximate surface area is 122 Å². The lowest BCUT2D eigenvalue weighted by molar-refractivity contribution is 0.0956. The molecule has 4 nitrogen and oxygen atoms in total. The topological polar surface area (TPSA) is 68.0 Å². The van der Waals surface area contributed by atoms with Gasteiger partial charge in [0.2, 0.25) is 0 Å². The Morgan fingerprint density at radius 1 is 1.55 bits per heavy atom. The van der Waals surface area contributed by atoms with Crippen LogP contribution in [0.15, 0.2) is 6.07 Å². The van der Waals surface area contributed by atoms with E-state index in [2.05, 4.69) is 17.2 Å². The Kier molecular flexibility index (Phi) is 3.17. The van der Waals surface area contributed by atoms with Crippen LogP contribution in [0.5, 0.6) is 0 Å². The van der Waals surface area contributed by atoms with Crippen molar-refractivity contribution >= 4 is 33.0 Å². The van der Waals surface area contributed by atoms with Crippen molar-refractivity contribution in [2.24, 2.45) is 11.8 Å². The van der Waals surface area contributed by atoms with Gasteiger partial charge in [-0.1, -0.05) is 6.92 Å². The van der Waals surface area contributed by atoms with Crippen LogP contribution < -0.4 is 11.1 Å². The zero-order valence-corrected chi connectivity index (χ0v) is 12.8. The zero-order chi connectivity index (χ0) is 14.4. The summed E-state index contributed by atoms with van der Waals surface area (Å²) in [4.78, 5) is 17.3. The van der Waals surface area contributed by atoms with E-state index in [1.807, 2.05) is 19.9 Å². The summed E-state index contributed by atoms with van der Waals surface area (Å²) in [5.41, 5.74) is 8.56. The van der Waals surface area contributed by atoms with Crippen molar-refractivity contribution in [3.05, 3.63) is 22.3 Å². The number of pyridine rings is 1. The number of carbonyl (C=O) groups is 1. The third-order valence-corrected chi connectivity index (χ3v) is 5.18. The summed E-state index contributed by atoms with van der Waals surface area (Å²) in [5, 5.41) is 3.92. The molecule has 0 spiro atoms. The van der Waals surface area contributed by atoms with Crippen LogP contribution in [-0.4, -0.2) is 17.4 Å². The third kappa shape index (κ3) is 2.26. The summed E-state index contributed by atoms with van der Waals surface area (Å²) in [6, 6.07) is 1.99. The van der Waals surface area contributed by atoms with Gasteiger partial charge in [-0.05, 0) is 38.2 Å². The Hall–Kier alpha value is -1.62. The molecule has 1 saturated carbocycles. The van der Waals surface area contributed by atoms with Gasteiger partial charge in [0, 0.05) is 28.0 Å². The minimum atomic E-state index is -0.0557. The van der Waals surface area contributed by atoms with Crippen molar-refractivity contribution in [1.29, 1.82) is 0 Å². The van der Waals surface area contributed by atoms with Crippen LogP contribution in [0.2, 0.25) is 0 Å². The van der Waals surface area contributed by atoms with Gasteiger partial charge in [-0.3, -0.25) is 9.78 Å². The fourth-order valence-electron chi connectivity index (χ4n) is 2.64. The first-order chi connectivity index (χ1) is 9.47. The second kappa shape index (κ2) is 4.74. The normalized spacial score (nSPS) is 21.1. The molecule has 106 valence electrons. The maximum absolute atomic E-state index is 12.3. The largest absolute Gasteiger partial charge is 0.397 e. The van der Waals surface area contributed by atoms with E-state index >= 15 is 0 Å². The first kappa shape index (κ1) is 13.4. The summed E-state index contributed by atoms with van der Waals surface area (Å²) in [6.07, 6.45) is 1.21. The number of anilines is 1. The standard InChI is InChI=1S/C15H19N3OS/c1-7-4-10(7)6-17-15(19)14-13(16)12-9(3)18-8(2)5-11(12)20-14/h5,7,10H,4,6,16H2,1-3H3,(H,17,19). The number of nitrogens with one attached hydrogen (secondary N) is 1. The molecule has 3 rings (SSSR count). The Morgan fingerprint density at radius 3 is 2.90 bits per heavy atom. The molecule has 2 aromatic heterocycles. The molecule has 1 aliphatic carbocycles. The lowest BCUT2D eigenvalue weighted by Crippen LogP contribution is -2.25. The number of nitrogens with zero attached hydrogens (tertiary/aromatic N) is 1. The van der Waals surface area contributed by atoms with Gasteiger partial charge in [0.25, 0.3) is 5.91 Å². The average molecular weight is 289 g/mol. The van der Waals surface area contributed by atoms with Gasteiger partial charge in [0.1, 0.15) is 4.88 Å². The Morgan fingerprint density at radius 2 is 2.25 bits per heavy atom. The van der Waals surface area contributed by atoms with Crippen molar-refractivity contribution in [2.45, 2.75) is 27.2 Å². The zero-order valence-electron chi connectivity index (χ0n) is 12.0. The lowest BCUT2D eigenvalue weighted by Gasteiger charge is -2.03. The molecule has 1 amide bonds. The highest BCUT2D eigenvalue weighted by Gasteiger charge is 2.32. The number of nitrogens with two attached hydrogens (primary N) is 1. The second-order valence-corrected chi connectivity index (χ2v) is 6.80. The quantitative estimate of drug-likeness (QED) is 0.913. The summed E-state index contributed by atoms with van der Waals surface area (Å²) < 4.78 is 1.04. The molecule has 2 unspecified atom stereocenters. The minimum Gasteiger partial charge on any atom is -0.397 e. The number of hydrogen-bond donors (Lipinski definition) is 2. The van der Waals surface area contributed by atoms with E-state index in [9.17, 15) is 4.79 Å². The Bertz CT molecular complexity index is 692. The van der Waals surface area contributed by atoms with Crippen molar-refractivity contribution in [3.8, 4) is 0 Å². The summed E-state index contributed by atoms with van der Waals surface area (Å²) in [6.45, 7) is 6.86. The lowest BCUT2D eigenvalue weighted by atomic mass is 10.2. The van der Waals surface area contributed by atoms with Gasteiger partial charge < -0.3 is 11.1 Å². The van der Waals surface area contributed by atoms with E-state index < -0.39 is 0 Å². The number of fused-ring (bicyclic) bond motifs is 1. The van der Waals surface area contributed by atoms with E-state index in [4.69, 9.17) is 5.73 Å². The first-order valence-electron chi connectivity index (χ1n) is 6.91. The number of nitrogen functional groups attached to an aromatic ring is 1. The average Bonchev–Trinajstić information content (AvgIpc) is 2.97. The van der Waals surface area contributed by atoms with Crippen molar-refractivity contribution in [2.75, 3.05) is 12.3 Å². The van der Waals surface area contributed by atoms with Gasteiger partial charge >= 0.3 is 0 Å². The molecule has 0 aliphatic heterocycles. The summed E-state index contributed by atoms with van der Waals surface area (Å²) in [5.74, 6) is 1.32. The molecule has 0 saturated heterocycles. The van der Waals surface area contributed by atoms with Gasteiger partial charge in [0.15, 0.2) is 0 Å². The smallest absolute Gasteiger partial charge is 0.263 e. The Balaban J connectivity index is 1.89. The van der Waals surface area contributed by atoms with Crippen LogP contribution in [0.25, 0.3) is 10.1 Å². The molecule has 1 aliphatic rings. The van der Waals surface area contributed by atoms with E-state index in [-0.39, 0.29) is 5.91 Å². The van der Waals surface area contributed by atoms with E-state index in [0.29, 0.717) is 16.5 Å². The number of hydrogen-bond acceptors (Lipinski definition) is 4. The molecule has 2 heterocycles. The molecule has 1 fully saturated rings. The first-order valence-corrected chi connectivity index (χ1v) is 7.73. The number of aryl methyl sites for hydroxylation is 2. The fourth-order valence-corrected chi connectivity index (χ4v) is 3.82. The molecule has 3 N–H and O–H groups in total. The third-order valence-electron chi connectivity index (χ3n) is 4.03. The van der Waals surface area contributed by atoms with Crippen LogP contribution in [0.1, 0.15) is 34.4 Å². The molecule has 5 heteroatoms. The highest BCUT2D eigenvalue weighted by atomic mass is 32.1. The van der Waals surface area contributed by atoms with E-state index in [0.717, 1.165) is 33.9 Å². The fraction of sp³-hybridized carbons (Fsp3) is 0.467. The number of carbonyl (C=O) groups excluding carboxylic acids is 1. The predicted octanol–water partition coefficient (Wildman–Crippen LogP) is 2.88. The maximum atomic E-state index is 12.3. The van der Waals surface area contributed by atoms with E-state index in [1.165, 1.54) is 17.8 Å². The van der Waals surface area contributed by atoms with Gasteiger partial charge in [-0.2, -0.15) is 0 Å². The highest BCUT2D eigenvalue weighted by molar-refractivity contribution is 7.21. The second-order valence-electron chi connectivity index (χ2n) is 5.75. The van der Waals surface area contributed by atoms with Crippen LogP contribution in [-0.2, 0) is 0 Å². The molecule has 2 atom stereocenters. The minimum absolute atomic E-state index is 0.0557. The SMILES string of the molecule is Cc1cc2sc(C(=O)NCC3CC3C)c(N)c2c(C)n1. The molecule has 2 aromatic rings. The maximum Gasteiger partial charge on any atom is 0.263 e. The number of amides is 1. The number of rotatable bonds is 3. The van der Waals surface area contributed by atoms with Crippen LogP contribution in [0, 0.1) is 25.7 Å². The number of aromatic nitrogens is 1. The van der Waals surface area contributed by atoms with Gasteiger partial charge in [-0.25, -0.2) is 0 Å². The molecular formula is C15H19N3OS. The predicted molar refractivity (Wildman–Crippen MR) is 83.1 cm³/mol. The summed E-state index contributed by atoms with van der Waals surface area (Å²) >= 11 is 1.46. The van der Waals surface area contributed by atoms with Crippen molar-refractivity contribution in [3.63, 3.8) is 0 Å². The molecule has 20 heavy (non-hydrogen) atoms. The van der Waals surface area contributed by atoms with Crippen molar-refractivity contribution < 1.29 is 4.79 Å². The monoisotopic (exact) mass is 289 g/mol. The molecule has 0 aromatic carbocycles. The van der Waals surface area contributed by atoms with Gasteiger partial charge in [0.05, 0.1) is 5.69 Å². The summed E-state index contributed by atoms with van der Waals surface area (Å²) in [7, 11) is 0. The van der Waals surface area contributed by atoms with Crippen molar-refractivity contribution in [1.82, 2.24) is 10.3 Å². The highest BCUT2D eigenvalue weighted by Crippen LogP contribution is 2.38. The molecule has 0 radical (unpaired) electrons. The van der Waals surface area contributed by atoms with Crippen LogP contribution in [0.3, 0.4) is 0 Å². The van der Waals surface area contributed by atoms with Crippen LogP contribution in [0.4, 0.5) is 5.69 Å².